The minimum absolute atomic E-state index is 0.0166. The largest absolute Gasteiger partial charge is 0.339 e. The van der Waals surface area contributed by atoms with E-state index in [9.17, 15) is 23.2 Å². The number of hydrogen-bond donors (Lipinski definition) is 1. The number of nitrogens with one attached hydrogen (secondary N) is 1. The van der Waals surface area contributed by atoms with Crippen LogP contribution < -0.4 is 5.32 Å². The minimum Gasteiger partial charge on any atom is -0.339 e. The third kappa shape index (κ3) is 3.78. The molecule has 2 fully saturated rings. The van der Waals surface area contributed by atoms with Crippen molar-refractivity contribution in [3.63, 3.8) is 0 Å². The predicted molar refractivity (Wildman–Crippen MR) is 85.4 cm³/mol. The number of piperazine rings is 1. The molecule has 8 heteroatoms. The van der Waals surface area contributed by atoms with Gasteiger partial charge >= 0.3 is 0 Å². The molecule has 6 nitrogen and oxygen atoms in total. The van der Waals surface area contributed by atoms with Crippen LogP contribution in [0, 0.1) is 23.5 Å². The molecule has 3 amide bonds. The van der Waals surface area contributed by atoms with E-state index in [4.69, 9.17) is 0 Å². The SMILES string of the molecule is CC(=O)N1CCN(C(=O)C2CC2C(=O)Nc2ccc(F)cc2F)CC1. The third-order valence-electron chi connectivity index (χ3n) is 4.67. The molecule has 2 aliphatic rings. The van der Waals surface area contributed by atoms with Crippen molar-refractivity contribution >= 4 is 23.4 Å². The number of carbonyl (C=O) groups excluding carboxylic acids is 3. The third-order valence-corrected chi connectivity index (χ3v) is 4.67. The molecule has 0 spiro atoms. The van der Waals surface area contributed by atoms with E-state index in [2.05, 4.69) is 5.32 Å². The van der Waals surface area contributed by atoms with Gasteiger partial charge < -0.3 is 15.1 Å². The molecule has 1 heterocycles. The summed E-state index contributed by atoms with van der Waals surface area (Å²) in [5, 5.41) is 2.40. The van der Waals surface area contributed by atoms with E-state index in [0.717, 1.165) is 12.1 Å². The molecule has 25 heavy (non-hydrogen) atoms. The zero-order valence-electron chi connectivity index (χ0n) is 13.8. The maximum Gasteiger partial charge on any atom is 0.228 e. The molecule has 1 aliphatic heterocycles. The molecule has 2 unspecified atom stereocenters. The Balaban J connectivity index is 1.52. The number of hydrogen-bond acceptors (Lipinski definition) is 3. The molecule has 1 saturated heterocycles. The van der Waals surface area contributed by atoms with Crippen molar-refractivity contribution in [3.8, 4) is 0 Å². The quantitative estimate of drug-likeness (QED) is 0.891. The first-order valence-corrected chi connectivity index (χ1v) is 8.17. The van der Waals surface area contributed by atoms with Gasteiger partial charge in [0, 0.05) is 39.2 Å². The highest BCUT2D eigenvalue weighted by Crippen LogP contribution is 2.41. The fourth-order valence-electron chi connectivity index (χ4n) is 3.05. The van der Waals surface area contributed by atoms with Crippen molar-refractivity contribution < 1.29 is 23.2 Å². The monoisotopic (exact) mass is 351 g/mol. The summed E-state index contributed by atoms with van der Waals surface area (Å²) in [4.78, 5) is 39.2. The van der Waals surface area contributed by atoms with E-state index in [1.165, 1.54) is 6.92 Å². The lowest BCUT2D eigenvalue weighted by Crippen LogP contribution is -2.50. The van der Waals surface area contributed by atoms with Crippen molar-refractivity contribution in [2.45, 2.75) is 13.3 Å². The van der Waals surface area contributed by atoms with Crippen LogP contribution in [-0.4, -0.2) is 53.7 Å². The molecule has 0 aromatic heterocycles. The first-order chi connectivity index (χ1) is 11.9. The van der Waals surface area contributed by atoms with Crippen LogP contribution in [0.3, 0.4) is 0 Å². The average molecular weight is 351 g/mol. The summed E-state index contributed by atoms with van der Waals surface area (Å²) in [6.45, 7) is 3.38. The molecular weight excluding hydrogens is 332 g/mol. The van der Waals surface area contributed by atoms with Gasteiger partial charge in [-0.25, -0.2) is 8.78 Å². The zero-order valence-corrected chi connectivity index (χ0v) is 13.8. The molecule has 1 aliphatic carbocycles. The van der Waals surface area contributed by atoms with E-state index in [1.807, 2.05) is 0 Å². The van der Waals surface area contributed by atoms with Crippen molar-refractivity contribution in [2.75, 3.05) is 31.5 Å². The van der Waals surface area contributed by atoms with Crippen LogP contribution in [0.1, 0.15) is 13.3 Å². The first-order valence-electron chi connectivity index (χ1n) is 8.17. The Labute approximate surface area is 143 Å². The molecule has 1 aromatic rings. The van der Waals surface area contributed by atoms with Gasteiger partial charge in [-0.2, -0.15) is 0 Å². The van der Waals surface area contributed by atoms with Crippen molar-refractivity contribution in [1.82, 2.24) is 9.80 Å². The van der Waals surface area contributed by atoms with Crippen molar-refractivity contribution in [1.29, 1.82) is 0 Å². The first kappa shape index (κ1) is 17.3. The lowest BCUT2D eigenvalue weighted by molar-refractivity contribution is -0.139. The Hall–Kier alpha value is -2.51. The van der Waals surface area contributed by atoms with Crippen LogP contribution >= 0.6 is 0 Å². The van der Waals surface area contributed by atoms with E-state index >= 15 is 0 Å². The molecule has 0 bridgehead atoms. The Morgan fingerprint density at radius 3 is 2.28 bits per heavy atom. The Morgan fingerprint density at radius 2 is 1.68 bits per heavy atom. The second kappa shape index (κ2) is 6.78. The molecule has 3 rings (SSSR count). The number of amides is 3. The highest BCUT2D eigenvalue weighted by Gasteiger charge is 2.49. The van der Waals surface area contributed by atoms with Gasteiger partial charge in [0.2, 0.25) is 17.7 Å². The second-order valence-electron chi connectivity index (χ2n) is 6.39. The Kier molecular flexibility index (Phi) is 4.69. The van der Waals surface area contributed by atoms with E-state index in [1.54, 1.807) is 9.80 Å². The average Bonchev–Trinajstić information content (AvgIpc) is 3.37. The summed E-state index contributed by atoms with van der Waals surface area (Å²) in [7, 11) is 0. The van der Waals surface area contributed by atoms with Gasteiger partial charge in [-0.3, -0.25) is 14.4 Å². The fraction of sp³-hybridized carbons (Fsp3) is 0.471. The maximum absolute atomic E-state index is 13.6. The molecule has 134 valence electrons. The lowest BCUT2D eigenvalue weighted by Gasteiger charge is -2.34. The molecule has 1 saturated carbocycles. The summed E-state index contributed by atoms with van der Waals surface area (Å²) in [5.41, 5.74) is -0.0976. The van der Waals surface area contributed by atoms with Crippen LogP contribution in [0.15, 0.2) is 18.2 Å². The van der Waals surface area contributed by atoms with Gasteiger partial charge in [0.1, 0.15) is 11.6 Å². The molecule has 1 N–H and O–H groups in total. The summed E-state index contributed by atoms with van der Waals surface area (Å²) in [6.07, 6.45) is 0.417. The maximum atomic E-state index is 13.6. The fourth-order valence-corrected chi connectivity index (χ4v) is 3.05. The normalized spacial score (nSPS) is 22.5. The number of halogens is 2. The summed E-state index contributed by atoms with van der Waals surface area (Å²) in [6, 6.07) is 2.91. The highest BCUT2D eigenvalue weighted by molar-refractivity contribution is 5.99. The summed E-state index contributed by atoms with van der Waals surface area (Å²) >= 11 is 0. The van der Waals surface area contributed by atoms with Gasteiger partial charge in [-0.05, 0) is 18.6 Å². The van der Waals surface area contributed by atoms with E-state index < -0.39 is 29.4 Å². The topological polar surface area (TPSA) is 69.7 Å². The number of anilines is 1. The number of carbonyl (C=O) groups is 3. The predicted octanol–water partition coefficient (Wildman–Crippen LogP) is 1.23. The van der Waals surface area contributed by atoms with Gasteiger partial charge in [-0.15, -0.1) is 0 Å². The van der Waals surface area contributed by atoms with Crippen LogP contribution in [0.2, 0.25) is 0 Å². The molecule has 2 atom stereocenters. The Morgan fingerprint density at radius 1 is 1.04 bits per heavy atom. The van der Waals surface area contributed by atoms with Crippen LogP contribution in [0.25, 0.3) is 0 Å². The van der Waals surface area contributed by atoms with E-state index in [-0.39, 0.29) is 17.5 Å². The molecular formula is C17H19F2N3O3. The van der Waals surface area contributed by atoms with Gasteiger partial charge in [0.15, 0.2) is 0 Å². The lowest BCUT2D eigenvalue weighted by atomic mass is 10.2. The molecule has 1 aromatic carbocycles. The summed E-state index contributed by atoms with van der Waals surface area (Å²) < 4.78 is 26.5. The van der Waals surface area contributed by atoms with Gasteiger partial charge in [-0.1, -0.05) is 0 Å². The van der Waals surface area contributed by atoms with Gasteiger partial charge in [0.05, 0.1) is 17.5 Å². The Bertz CT molecular complexity index is 717. The van der Waals surface area contributed by atoms with Crippen molar-refractivity contribution in [3.05, 3.63) is 29.8 Å². The van der Waals surface area contributed by atoms with Crippen molar-refractivity contribution in [2.24, 2.45) is 11.8 Å². The highest BCUT2D eigenvalue weighted by atomic mass is 19.1. The smallest absolute Gasteiger partial charge is 0.228 e. The molecule has 0 radical (unpaired) electrons. The van der Waals surface area contributed by atoms with Crippen LogP contribution in [0.5, 0.6) is 0 Å². The van der Waals surface area contributed by atoms with Crippen LogP contribution in [-0.2, 0) is 14.4 Å². The summed E-state index contributed by atoms with van der Waals surface area (Å²) in [5.74, 6) is -3.04. The minimum atomic E-state index is -0.850. The van der Waals surface area contributed by atoms with E-state index in [0.29, 0.717) is 38.7 Å². The second-order valence-corrected chi connectivity index (χ2v) is 6.39. The standard InChI is InChI=1S/C17H19F2N3O3/c1-10(23)21-4-6-22(7-5-21)17(25)13-9-12(13)16(24)20-15-3-2-11(18)8-14(15)19/h2-3,8,12-13H,4-7,9H2,1H3,(H,20,24). The van der Waals surface area contributed by atoms with Gasteiger partial charge in [0.25, 0.3) is 0 Å². The number of rotatable bonds is 3. The number of nitrogens with zero attached hydrogens (tertiary/aromatic N) is 2. The van der Waals surface area contributed by atoms with Crippen LogP contribution in [0.4, 0.5) is 14.5 Å². The number of benzene rings is 1. The zero-order chi connectivity index (χ0) is 18.1.